The Kier molecular flexibility index (Phi) is 6.48. The van der Waals surface area contributed by atoms with Crippen molar-refractivity contribution in [2.45, 2.75) is 19.4 Å². The van der Waals surface area contributed by atoms with E-state index in [-0.39, 0.29) is 11.8 Å². The van der Waals surface area contributed by atoms with Gasteiger partial charge in [0.15, 0.2) is 0 Å². The molecule has 0 atom stereocenters. The number of benzene rings is 2. The Morgan fingerprint density at radius 2 is 1.84 bits per heavy atom. The van der Waals surface area contributed by atoms with Crippen molar-refractivity contribution in [3.05, 3.63) is 88.7 Å². The highest BCUT2D eigenvalue weighted by molar-refractivity contribution is 6.31. The highest BCUT2D eigenvalue weighted by Gasteiger charge is 2.20. The van der Waals surface area contributed by atoms with E-state index in [9.17, 15) is 9.59 Å². The Morgan fingerprint density at radius 3 is 2.58 bits per heavy atom. The summed E-state index contributed by atoms with van der Waals surface area (Å²) in [6.45, 7) is 2.21. The topological polar surface area (TPSA) is 74.3 Å². The van der Waals surface area contributed by atoms with Gasteiger partial charge in [0.1, 0.15) is 0 Å². The molecule has 2 heterocycles. The smallest absolute Gasteiger partial charge is 0.255 e. The number of hydrogen-bond acceptors (Lipinski definition) is 4. The van der Waals surface area contributed by atoms with Gasteiger partial charge in [-0.05, 0) is 60.9 Å². The summed E-state index contributed by atoms with van der Waals surface area (Å²) in [6, 6.07) is 16.0. The minimum atomic E-state index is -0.279. The Morgan fingerprint density at radius 1 is 1.00 bits per heavy atom. The van der Waals surface area contributed by atoms with E-state index >= 15 is 0 Å². The molecule has 2 N–H and O–H groups in total. The molecule has 0 spiro atoms. The van der Waals surface area contributed by atoms with E-state index in [0.29, 0.717) is 28.4 Å². The van der Waals surface area contributed by atoms with Crippen LogP contribution in [-0.2, 0) is 6.54 Å². The first kappa shape index (κ1) is 20.9. The van der Waals surface area contributed by atoms with Crippen LogP contribution in [-0.4, -0.2) is 29.9 Å². The summed E-state index contributed by atoms with van der Waals surface area (Å²) >= 11 is 5.99. The Bertz CT molecular complexity index is 1080. The molecule has 31 heavy (non-hydrogen) atoms. The fourth-order valence-corrected chi connectivity index (χ4v) is 3.83. The first-order chi connectivity index (χ1) is 15.1. The van der Waals surface area contributed by atoms with Gasteiger partial charge >= 0.3 is 0 Å². The minimum absolute atomic E-state index is 0.190. The van der Waals surface area contributed by atoms with Crippen molar-refractivity contribution in [2.24, 2.45) is 0 Å². The average Bonchev–Trinajstić information content (AvgIpc) is 3.33. The van der Waals surface area contributed by atoms with Gasteiger partial charge in [-0.25, -0.2) is 0 Å². The van der Waals surface area contributed by atoms with Crippen molar-refractivity contribution < 1.29 is 9.59 Å². The molecule has 6 nitrogen and oxygen atoms in total. The second-order valence-electron chi connectivity index (χ2n) is 7.43. The number of rotatable bonds is 6. The van der Waals surface area contributed by atoms with Gasteiger partial charge < -0.3 is 15.5 Å². The number of carbonyl (C=O) groups is 2. The number of hydrogen-bond donors (Lipinski definition) is 2. The maximum Gasteiger partial charge on any atom is 0.255 e. The second-order valence-corrected chi connectivity index (χ2v) is 7.87. The summed E-state index contributed by atoms with van der Waals surface area (Å²) in [4.78, 5) is 32.0. The van der Waals surface area contributed by atoms with Crippen molar-refractivity contribution in [1.29, 1.82) is 0 Å². The van der Waals surface area contributed by atoms with Crippen molar-refractivity contribution in [3.8, 4) is 0 Å². The number of nitrogens with one attached hydrogen (secondary N) is 2. The number of halogens is 1. The van der Waals surface area contributed by atoms with Gasteiger partial charge in [0, 0.05) is 54.0 Å². The number of pyridine rings is 1. The molecule has 2 amide bonds. The van der Waals surface area contributed by atoms with Crippen LogP contribution in [0.3, 0.4) is 0 Å². The van der Waals surface area contributed by atoms with E-state index in [4.69, 9.17) is 11.6 Å². The summed E-state index contributed by atoms with van der Waals surface area (Å²) in [7, 11) is 0. The van der Waals surface area contributed by atoms with Crippen LogP contribution in [0.15, 0.2) is 67.0 Å². The molecular formula is C24H23ClN4O2. The summed E-state index contributed by atoms with van der Waals surface area (Å²) in [6.07, 6.45) is 5.63. The zero-order valence-corrected chi connectivity index (χ0v) is 17.7. The summed E-state index contributed by atoms with van der Waals surface area (Å²) < 4.78 is 0. The Labute approximate surface area is 186 Å². The van der Waals surface area contributed by atoms with Crippen molar-refractivity contribution in [1.82, 2.24) is 10.3 Å². The molecule has 1 aliphatic rings. The van der Waals surface area contributed by atoms with Crippen LogP contribution < -0.4 is 15.5 Å². The standard InChI is InChI=1S/C24H23ClN4O2/c25-19-7-3-6-18(13-19)23(30)28-20-8-9-22(29-11-1-2-12-29)21(14-20)24(31)27-16-17-5-4-10-26-15-17/h3-10,13-15H,1-2,11-12,16H2,(H,27,31)(H,28,30). The van der Waals surface area contributed by atoms with Gasteiger partial charge in [-0.3, -0.25) is 14.6 Å². The first-order valence-corrected chi connectivity index (χ1v) is 10.6. The monoisotopic (exact) mass is 434 g/mol. The Balaban J connectivity index is 1.56. The first-order valence-electron chi connectivity index (χ1n) is 10.2. The molecule has 2 aromatic carbocycles. The van der Waals surface area contributed by atoms with Crippen LogP contribution in [0, 0.1) is 0 Å². The quantitative estimate of drug-likeness (QED) is 0.598. The molecule has 0 aliphatic carbocycles. The number of anilines is 2. The summed E-state index contributed by atoms with van der Waals surface area (Å²) in [5.74, 6) is -0.470. The van der Waals surface area contributed by atoms with Crippen molar-refractivity contribution in [2.75, 3.05) is 23.3 Å². The lowest BCUT2D eigenvalue weighted by molar-refractivity contribution is 0.0950. The highest BCUT2D eigenvalue weighted by atomic mass is 35.5. The number of carbonyl (C=O) groups excluding carboxylic acids is 2. The zero-order chi connectivity index (χ0) is 21.6. The van der Waals surface area contributed by atoms with Crippen molar-refractivity contribution >= 4 is 34.8 Å². The Hall–Kier alpha value is -3.38. The lowest BCUT2D eigenvalue weighted by atomic mass is 10.1. The fraction of sp³-hybridized carbons (Fsp3) is 0.208. The SMILES string of the molecule is O=C(Nc1ccc(N2CCCC2)c(C(=O)NCc2cccnc2)c1)c1cccc(Cl)c1. The van der Waals surface area contributed by atoms with E-state index < -0.39 is 0 Å². The van der Waals surface area contributed by atoms with Crippen LogP contribution in [0.1, 0.15) is 39.1 Å². The van der Waals surface area contributed by atoms with Crippen molar-refractivity contribution in [3.63, 3.8) is 0 Å². The zero-order valence-electron chi connectivity index (χ0n) is 17.0. The van der Waals surface area contributed by atoms with Gasteiger partial charge in [-0.1, -0.05) is 23.7 Å². The molecule has 0 saturated carbocycles. The molecule has 4 rings (SSSR count). The molecule has 7 heteroatoms. The third kappa shape index (κ3) is 5.22. The number of nitrogens with zero attached hydrogens (tertiary/aromatic N) is 2. The highest BCUT2D eigenvalue weighted by Crippen LogP contribution is 2.28. The molecule has 158 valence electrons. The van der Waals surface area contributed by atoms with E-state index in [0.717, 1.165) is 37.2 Å². The number of amides is 2. The van der Waals surface area contributed by atoms with E-state index in [1.54, 1.807) is 42.7 Å². The molecule has 1 saturated heterocycles. The van der Waals surface area contributed by atoms with E-state index in [1.807, 2.05) is 24.3 Å². The van der Waals surface area contributed by atoms with Crippen LogP contribution in [0.25, 0.3) is 0 Å². The van der Waals surface area contributed by atoms with Gasteiger partial charge in [0.05, 0.1) is 5.56 Å². The molecule has 1 aliphatic heterocycles. The molecule has 0 bridgehead atoms. The third-order valence-corrected chi connectivity index (χ3v) is 5.44. The van der Waals surface area contributed by atoms with Gasteiger partial charge in [0.25, 0.3) is 11.8 Å². The second kappa shape index (κ2) is 9.62. The van der Waals surface area contributed by atoms with E-state index in [1.165, 1.54) is 0 Å². The third-order valence-electron chi connectivity index (χ3n) is 5.21. The molecule has 0 unspecified atom stereocenters. The maximum absolute atomic E-state index is 13.1. The average molecular weight is 435 g/mol. The lowest BCUT2D eigenvalue weighted by Gasteiger charge is -2.22. The van der Waals surface area contributed by atoms with E-state index in [2.05, 4.69) is 20.5 Å². The molecule has 3 aromatic rings. The summed E-state index contributed by atoms with van der Waals surface area (Å²) in [5, 5.41) is 6.32. The van der Waals surface area contributed by atoms with Gasteiger partial charge in [-0.2, -0.15) is 0 Å². The maximum atomic E-state index is 13.1. The van der Waals surface area contributed by atoms with Crippen LogP contribution in [0.2, 0.25) is 5.02 Å². The van der Waals surface area contributed by atoms with Gasteiger partial charge in [-0.15, -0.1) is 0 Å². The molecule has 1 aromatic heterocycles. The predicted molar refractivity (Wildman–Crippen MR) is 123 cm³/mol. The minimum Gasteiger partial charge on any atom is -0.371 e. The summed E-state index contributed by atoms with van der Waals surface area (Å²) in [5.41, 5.74) is 3.35. The predicted octanol–water partition coefficient (Wildman–Crippen LogP) is 4.52. The molecular weight excluding hydrogens is 412 g/mol. The van der Waals surface area contributed by atoms with Gasteiger partial charge in [0.2, 0.25) is 0 Å². The molecule has 0 radical (unpaired) electrons. The normalized spacial score (nSPS) is 13.1. The van der Waals surface area contributed by atoms with Crippen LogP contribution in [0.4, 0.5) is 11.4 Å². The largest absolute Gasteiger partial charge is 0.371 e. The molecule has 1 fully saturated rings. The van der Waals surface area contributed by atoms with Crippen LogP contribution >= 0.6 is 11.6 Å². The lowest BCUT2D eigenvalue weighted by Crippen LogP contribution is -2.27. The number of aromatic nitrogens is 1. The van der Waals surface area contributed by atoms with Crippen LogP contribution in [0.5, 0.6) is 0 Å². The fourth-order valence-electron chi connectivity index (χ4n) is 3.64.